The average Bonchev–Trinajstić information content (AvgIpc) is 2.23. The van der Waals surface area contributed by atoms with E-state index in [0.717, 1.165) is 6.54 Å². The summed E-state index contributed by atoms with van der Waals surface area (Å²) in [6.45, 7) is 3.14. The third kappa shape index (κ3) is 3.72. The minimum absolute atomic E-state index is 0.100. The van der Waals surface area contributed by atoms with Gasteiger partial charge in [0.1, 0.15) is 0 Å². The minimum Gasteiger partial charge on any atom is -0.399 e. The van der Waals surface area contributed by atoms with Gasteiger partial charge in [-0.2, -0.15) is 0 Å². The van der Waals surface area contributed by atoms with Gasteiger partial charge in [0.2, 0.25) is 5.91 Å². The molecule has 0 aromatic heterocycles. The first-order valence-electron chi connectivity index (χ1n) is 5.06. The van der Waals surface area contributed by atoms with Crippen LogP contribution in [0, 0.1) is 0 Å². The summed E-state index contributed by atoms with van der Waals surface area (Å²) in [5, 5.41) is 3.21. The van der Waals surface area contributed by atoms with Crippen LogP contribution in [0.4, 0.5) is 11.4 Å². The number of carbonyl (C=O) groups is 1. The van der Waals surface area contributed by atoms with Gasteiger partial charge in [0.25, 0.3) is 0 Å². The topological polar surface area (TPSA) is 58.4 Å². The summed E-state index contributed by atoms with van der Waals surface area (Å²) >= 11 is 5.93. The third-order valence-electron chi connectivity index (χ3n) is 2.22. The lowest BCUT2D eigenvalue weighted by molar-refractivity contribution is -0.117. The fraction of sp³-hybridized carbons (Fsp3) is 0.364. The van der Waals surface area contributed by atoms with Gasteiger partial charge in [0, 0.05) is 5.69 Å². The van der Waals surface area contributed by atoms with E-state index in [1.54, 1.807) is 18.2 Å². The number of nitrogens with zero attached hydrogens (tertiary/aromatic N) is 1. The van der Waals surface area contributed by atoms with Crippen LogP contribution in [0.1, 0.15) is 6.92 Å². The summed E-state index contributed by atoms with van der Waals surface area (Å²) in [6.07, 6.45) is 0. The van der Waals surface area contributed by atoms with Crippen molar-refractivity contribution >= 4 is 28.9 Å². The molecule has 16 heavy (non-hydrogen) atoms. The number of carbonyl (C=O) groups excluding carboxylic acids is 1. The molecular weight excluding hydrogens is 226 g/mol. The lowest BCUT2D eigenvalue weighted by atomic mass is 10.3. The standard InChI is InChI=1S/C11H16ClN3O/c1-3-15(2)7-11(16)14-10-6-8(13)4-5-9(10)12/h4-6H,3,7,13H2,1-2H3,(H,14,16). The highest BCUT2D eigenvalue weighted by atomic mass is 35.5. The summed E-state index contributed by atoms with van der Waals surface area (Å²) in [5.41, 5.74) is 6.74. The smallest absolute Gasteiger partial charge is 0.238 e. The van der Waals surface area contributed by atoms with Crippen LogP contribution in [-0.2, 0) is 4.79 Å². The van der Waals surface area contributed by atoms with Crippen molar-refractivity contribution < 1.29 is 4.79 Å². The Morgan fingerprint density at radius 1 is 1.56 bits per heavy atom. The van der Waals surface area contributed by atoms with Gasteiger partial charge < -0.3 is 11.1 Å². The van der Waals surface area contributed by atoms with Gasteiger partial charge in [-0.05, 0) is 31.8 Å². The van der Waals surface area contributed by atoms with E-state index < -0.39 is 0 Å². The molecule has 0 heterocycles. The van der Waals surface area contributed by atoms with Gasteiger partial charge in [-0.3, -0.25) is 9.69 Å². The summed E-state index contributed by atoms with van der Waals surface area (Å²) < 4.78 is 0. The van der Waals surface area contributed by atoms with E-state index in [9.17, 15) is 4.79 Å². The highest BCUT2D eigenvalue weighted by Crippen LogP contribution is 2.23. The Labute approximate surface area is 100 Å². The minimum atomic E-state index is -0.100. The van der Waals surface area contributed by atoms with Crippen molar-refractivity contribution in [1.82, 2.24) is 4.90 Å². The maximum atomic E-state index is 11.6. The second-order valence-corrected chi connectivity index (χ2v) is 4.03. The van der Waals surface area contributed by atoms with Crippen molar-refractivity contribution in [1.29, 1.82) is 0 Å². The summed E-state index contributed by atoms with van der Waals surface area (Å²) in [6, 6.07) is 5.00. The predicted molar refractivity (Wildman–Crippen MR) is 67.7 cm³/mol. The van der Waals surface area contributed by atoms with Crippen LogP contribution in [0.25, 0.3) is 0 Å². The molecule has 0 saturated heterocycles. The number of nitrogens with one attached hydrogen (secondary N) is 1. The summed E-state index contributed by atoms with van der Waals surface area (Å²) in [5.74, 6) is -0.100. The van der Waals surface area contributed by atoms with E-state index in [0.29, 0.717) is 22.9 Å². The Balaban J connectivity index is 2.65. The van der Waals surface area contributed by atoms with E-state index in [1.165, 1.54) is 0 Å². The van der Waals surface area contributed by atoms with Gasteiger partial charge >= 0.3 is 0 Å². The Morgan fingerprint density at radius 3 is 2.88 bits per heavy atom. The number of anilines is 2. The first-order chi connectivity index (χ1) is 7.52. The lowest BCUT2D eigenvalue weighted by Crippen LogP contribution is -2.30. The Bertz CT molecular complexity index is 381. The fourth-order valence-corrected chi connectivity index (χ4v) is 1.35. The van der Waals surface area contributed by atoms with E-state index in [-0.39, 0.29) is 5.91 Å². The van der Waals surface area contributed by atoms with Crippen molar-refractivity contribution in [3.8, 4) is 0 Å². The van der Waals surface area contributed by atoms with Gasteiger partial charge in [-0.15, -0.1) is 0 Å². The molecule has 0 aliphatic heterocycles. The lowest BCUT2D eigenvalue weighted by Gasteiger charge is -2.14. The predicted octanol–water partition coefficient (Wildman–Crippen LogP) is 1.81. The molecule has 0 bridgehead atoms. The number of hydrogen-bond donors (Lipinski definition) is 2. The molecule has 4 nitrogen and oxygen atoms in total. The largest absolute Gasteiger partial charge is 0.399 e. The number of benzene rings is 1. The summed E-state index contributed by atoms with van der Waals surface area (Å²) in [4.78, 5) is 13.5. The van der Waals surface area contributed by atoms with Crippen molar-refractivity contribution in [2.75, 3.05) is 31.2 Å². The zero-order valence-corrected chi connectivity index (χ0v) is 10.2. The number of nitrogens with two attached hydrogens (primary N) is 1. The van der Waals surface area contributed by atoms with Crippen LogP contribution in [0.5, 0.6) is 0 Å². The zero-order valence-electron chi connectivity index (χ0n) is 9.46. The molecule has 0 unspecified atom stereocenters. The number of nitrogen functional groups attached to an aromatic ring is 1. The third-order valence-corrected chi connectivity index (χ3v) is 2.55. The number of hydrogen-bond acceptors (Lipinski definition) is 3. The van der Waals surface area contributed by atoms with Gasteiger partial charge in [0.05, 0.1) is 17.3 Å². The van der Waals surface area contributed by atoms with Crippen molar-refractivity contribution in [2.45, 2.75) is 6.92 Å². The Hall–Kier alpha value is -1.26. The van der Waals surface area contributed by atoms with Gasteiger partial charge in [-0.1, -0.05) is 18.5 Å². The quantitative estimate of drug-likeness (QED) is 0.791. The van der Waals surface area contributed by atoms with Crippen molar-refractivity contribution in [2.24, 2.45) is 0 Å². The molecule has 1 rings (SSSR count). The molecule has 0 aliphatic carbocycles. The van der Waals surface area contributed by atoms with E-state index in [1.807, 2.05) is 18.9 Å². The maximum Gasteiger partial charge on any atom is 0.238 e. The highest BCUT2D eigenvalue weighted by molar-refractivity contribution is 6.33. The molecule has 1 amide bonds. The van der Waals surface area contributed by atoms with E-state index in [2.05, 4.69) is 5.32 Å². The van der Waals surface area contributed by atoms with Crippen molar-refractivity contribution in [3.63, 3.8) is 0 Å². The maximum absolute atomic E-state index is 11.6. The van der Waals surface area contributed by atoms with Crippen LogP contribution in [0.3, 0.4) is 0 Å². The number of amides is 1. The second-order valence-electron chi connectivity index (χ2n) is 3.62. The molecule has 0 fully saturated rings. The SMILES string of the molecule is CCN(C)CC(=O)Nc1cc(N)ccc1Cl. The highest BCUT2D eigenvalue weighted by Gasteiger charge is 2.07. The van der Waals surface area contributed by atoms with Crippen LogP contribution in [-0.4, -0.2) is 30.9 Å². The fourth-order valence-electron chi connectivity index (χ4n) is 1.19. The molecule has 1 aromatic carbocycles. The number of likely N-dealkylation sites (N-methyl/N-ethyl adjacent to an activating group) is 1. The first kappa shape index (κ1) is 12.8. The second kappa shape index (κ2) is 5.72. The molecule has 88 valence electrons. The van der Waals surface area contributed by atoms with Gasteiger partial charge in [-0.25, -0.2) is 0 Å². The van der Waals surface area contributed by atoms with Crippen LogP contribution < -0.4 is 11.1 Å². The monoisotopic (exact) mass is 241 g/mol. The molecule has 0 radical (unpaired) electrons. The molecule has 5 heteroatoms. The van der Waals surface area contributed by atoms with Crippen molar-refractivity contribution in [3.05, 3.63) is 23.2 Å². The van der Waals surface area contributed by atoms with E-state index >= 15 is 0 Å². The Kier molecular flexibility index (Phi) is 4.58. The van der Waals surface area contributed by atoms with E-state index in [4.69, 9.17) is 17.3 Å². The average molecular weight is 242 g/mol. The van der Waals surface area contributed by atoms with Gasteiger partial charge in [0.15, 0.2) is 0 Å². The normalized spacial score (nSPS) is 10.5. The van der Waals surface area contributed by atoms with Crippen LogP contribution in [0.2, 0.25) is 5.02 Å². The number of rotatable bonds is 4. The molecule has 1 aromatic rings. The van der Waals surface area contributed by atoms with Crippen LogP contribution >= 0.6 is 11.6 Å². The molecular formula is C11H16ClN3O. The molecule has 0 spiro atoms. The molecule has 0 aliphatic rings. The zero-order chi connectivity index (χ0) is 12.1. The number of halogens is 1. The molecule has 3 N–H and O–H groups in total. The first-order valence-corrected chi connectivity index (χ1v) is 5.44. The Morgan fingerprint density at radius 2 is 2.25 bits per heavy atom. The van der Waals surface area contributed by atoms with Crippen LogP contribution in [0.15, 0.2) is 18.2 Å². The molecule has 0 saturated carbocycles. The summed E-state index contributed by atoms with van der Waals surface area (Å²) in [7, 11) is 1.88. The molecule has 0 atom stereocenters.